The first kappa shape index (κ1) is 9.93. The normalized spacial score (nSPS) is 14.8. The molecule has 1 aromatic heterocycles. The van der Waals surface area contributed by atoms with Gasteiger partial charge in [-0.25, -0.2) is 9.37 Å². The first-order chi connectivity index (χ1) is 7.83. The van der Waals surface area contributed by atoms with Crippen LogP contribution in [0.1, 0.15) is 10.6 Å². The lowest BCUT2D eigenvalue weighted by atomic mass is 10.2. The monoisotopic (exact) mass is 234 g/mol. The van der Waals surface area contributed by atoms with Crippen LogP contribution >= 0.6 is 11.3 Å². The van der Waals surface area contributed by atoms with Crippen molar-refractivity contribution in [2.45, 2.75) is 13.0 Å². The molecule has 82 valence electrons. The second kappa shape index (κ2) is 3.96. The third-order valence-electron chi connectivity index (χ3n) is 2.69. The molecular formula is C12H11FN2S. The largest absolute Gasteiger partial charge is 0.311 e. The molecule has 2 aromatic rings. The van der Waals surface area contributed by atoms with Crippen LogP contribution in [0.3, 0.4) is 0 Å². The Kier molecular flexibility index (Phi) is 2.46. The highest BCUT2D eigenvalue weighted by atomic mass is 32.1. The number of fused-ring (bicyclic) bond motifs is 1. The van der Waals surface area contributed by atoms with Gasteiger partial charge in [0.15, 0.2) is 0 Å². The number of benzene rings is 1. The molecular weight excluding hydrogens is 223 g/mol. The van der Waals surface area contributed by atoms with Crippen molar-refractivity contribution in [3.8, 4) is 10.6 Å². The van der Waals surface area contributed by atoms with Crippen LogP contribution in [0.25, 0.3) is 10.6 Å². The molecule has 0 aliphatic carbocycles. The summed E-state index contributed by atoms with van der Waals surface area (Å²) in [6.07, 6.45) is 1.05. The van der Waals surface area contributed by atoms with Crippen molar-refractivity contribution in [3.05, 3.63) is 40.7 Å². The molecule has 0 unspecified atom stereocenters. The van der Waals surface area contributed by atoms with Gasteiger partial charge in [0, 0.05) is 23.5 Å². The lowest BCUT2D eigenvalue weighted by Crippen LogP contribution is -2.22. The van der Waals surface area contributed by atoms with Gasteiger partial charge in [0.1, 0.15) is 10.8 Å². The summed E-state index contributed by atoms with van der Waals surface area (Å²) in [6.45, 7) is 1.88. The summed E-state index contributed by atoms with van der Waals surface area (Å²) in [5.41, 5.74) is 2.15. The standard InChI is InChI=1S/C12H11FN2S/c13-9-3-1-8(2-4-9)12-15-10-7-14-6-5-11(10)16-12/h1-4,14H,5-7H2. The Morgan fingerprint density at radius 2 is 2.06 bits per heavy atom. The molecule has 0 fully saturated rings. The Morgan fingerprint density at radius 3 is 2.81 bits per heavy atom. The van der Waals surface area contributed by atoms with Crippen molar-refractivity contribution in [2.24, 2.45) is 0 Å². The van der Waals surface area contributed by atoms with E-state index in [0.29, 0.717) is 0 Å². The van der Waals surface area contributed by atoms with Gasteiger partial charge < -0.3 is 5.32 Å². The van der Waals surface area contributed by atoms with Crippen LogP contribution in [0.15, 0.2) is 24.3 Å². The molecule has 4 heteroatoms. The fraction of sp³-hybridized carbons (Fsp3) is 0.250. The van der Waals surface area contributed by atoms with E-state index < -0.39 is 0 Å². The number of nitrogens with one attached hydrogen (secondary N) is 1. The summed E-state index contributed by atoms with van der Waals surface area (Å²) < 4.78 is 12.8. The molecule has 0 amide bonds. The molecule has 3 rings (SSSR count). The Morgan fingerprint density at radius 1 is 1.25 bits per heavy atom. The van der Waals surface area contributed by atoms with Gasteiger partial charge in [-0.1, -0.05) is 0 Å². The van der Waals surface area contributed by atoms with Crippen LogP contribution in [0.2, 0.25) is 0 Å². The van der Waals surface area contributed by atoms with Crippen LogP contribution in [-0.2, 0) is 13.0 Å². The molecule has 0 spiro atoms. The molecule has 1 aliphatic rings. The van der Waals surface area contributed by atoms with Gasteiger partial charge in [0.2, 0.25) is 0 Å². The Balaban J connectivity index is 2.00. The summed E-state index contributed by atoms with van der Waals surface area (Å²) in [5.74, 6) is -0.202. The summed E-state index contributed by atoms with van der Waals surface area (Å²) in [7, 11) is 0. The molecule has 0 saturated carbocycles. The number of rotatable bonds is 1. The van der Waals surface area contributed by atoms with Gasteiger partial charge in [0.05, 0.1) is 5.69 Å². The van der Waals surface area contributed by atoms with Crippen LogP contribution in [0.4, 0.5) is 4.39 Å². The van der Waals surface area contributed by atoms with Gasteiger partial charge in [-0.15, -0.1) is 11.3 Å². The Bertz CT molecular complexity index is 481. The van der Waals surface area contributed by atoms with Gasteiger partial charge >= 0.3 is 0 Å². The third kappa shape index (κ3) is 1.74. The van der Waals surface area contributed by atoms with Crippen LogP contribution in [0, 0.1) is 5.82 Å². The van der Waals surface area contributed by atoms with E-state index >= 15 is 0 Å². The Hall–Kier alpha value is -1.26. The van der Waals surface area contributed by atoms with Crippen molar-refractivity contribution in [3.63, 3.8) is 0 Å². The molecule has 0 bridgehead atoms. The molecule has 0 atom stereocenters. The highest BCUT2D eigenvalue weighted by Crippen LogP contribution is 2.29. The van der Waals surface area contributed by atoms with E-state index in [4.69, 9.17) is 0 Å². The fourth-order valence-corrected chi connectivity index (χ4v) is 2.92. The predicted molar refractivity (Wildman–Crippen MR) is 62.9 cm³/mol. The van der Waals surface area contributed by atoms with Crippen molar-refractivity contribution in [1.29, 1.82) is 0 Å². The molecule has 1 aliphatic heterocycles. The van der Waals surface area contributed by atoms with Gasteiger partial charge in [-0.2, -0.15) is 0 Å². The maximum absolute atomic E-state index is 12.8. The van der Waals surface area contributed by atoms with E-state index in [0.717, 1.165) is 35.8 Å². The predicted octanol–water partition coefficient (Wildman–Crippen LogP) is 2.59. The molecule has 2 heterocycles. The minimum Gasteiger partial charge on any atom is -0.311 e. The maximum Gasteiger partial charge on any atom is 0.123 e. The zero-order valence-corrected chi connectivity index (χ0v) is 9.48. The van der Waals surface area contributed by atoms with Crippen molar-refractivity contribution in [1.82, 2.24) is 10.3 Å². The van der Waals surface area contributed by atoms with E-state index in [1.807, 2.05) is 0 Å². The SMILES string of the molecule is Fc1ccc(-c2nc3c(s2)CCNC3)cc1. The molecule has 0 radical (unpaired) electrons. The fourth-order valence-electron chi connectivity index (χ4n) is 1.84. The molecule has 1 N–H and O–H groups in total. The summed E-state index contributed by atoms with van der Waals surface area (Å²) >= 11 is 1.72. The topological polar surface area (TPSA) is 24.9 Å². The maximum atomic E-state index is 12.8. The summed E-state index contributed by atoms with van der Waals surface area (Å²) in [6, 6.07) is 6.53. The summed E-state index contributed by atoms with van der Waals surface area (Å²) in [4.78, 5) is 5.94. The number of halogens is 1. The van der Waals surface area contributed by atoms with Crippen molar-refractivity contribution < 1.29 is 4.39 Å². The average molecular weight is 234 g/mol. The first-order valence-electron chi connectivity index (χ1n) is 5.28. The lowest BCUT2D eigenvalue weighted by molar-refractivity contribution is 0.628. The zero-order valence-electron chi connectivity index (χ0n) is 8.66. The van der Waals surface area contributed by atoms with Gasteiger partial charge in [-0.05, 0) is 30.7 Å². The summed E-state index contributed by atoms with van der Waals surface area (Å²) in [5, 5.41) is 4.29. The molecule has 2 nitrogen and oxygen atoms in total. The van der Waals surface area contributed by atoms with Gasteiger partial charge in [0.25, 0.3) is 0 Å². The second-order valence-corrected chi connectivity index (χ2v) is 4.91. The van der Waals surface area contributed by atoms with Crippen molar-refractivity contribution in [2.75, 3.05) is 6.54 Å². The van der Waals surface area contributed by atoms with E-state index in [-0.39, 0.29) is 5.82 Å². The second-order valence-electron chi connectivity index (χ2n) is 3.82. The number of thiazole rings is 1. The number of hydrogen-bond acceptors (Lipinski definition) is 3. The molecule has 0 saturated heterocycles. The zero-order chi connectivity index (χ0) is 11.0. The average Bonchev–Trinajstić information content (AvgIpc) is 2.73. The third-order valence-corrected chi connectivity index (χ3v) is 3.90. The first-order valence-corrected chi connectivity index (χ1v) is 6.10. The minimum atomic E-state index is -0.202. The van der Waals surface area contributed by atoms with E-state index in [9.17, 15) is 4.39 Å². The Labute approximate surface area is 97.2 Å². The van der Waals surface area contributed by atoms with Crippen LogP contribution < -0.4 is 5.32 Å². The smallest absolute Gasteiger partial charge is 0.123 e. The van der Waals surface area contributed by atoms with Gasteiger partial charge in [-0.3, -0.25) is 0 Å². The van der Waals surface area contributed by atoms with Crippen LogP contribution in [0.5, 0.6) is 0 Å². The number of hydrogen-bond donors (Lipinski definition) is 1. The van der Waals surface area contributed by atoms with Crippen LogP contribution in [-0.4, -0.2) is 11.5 Å². The molecule has 16 heavy (non-hydrogen) atoms. The number of nitrogens with zero attached hydrogens (tertiary/aromatic N) is 1. The molecule has 1 aromatic carbocycles. The number of aromatic nitrogens is 1. The van der Waals surface area contributed by atoms with Crippen molar-refractivity contribution >= 4 is 11.3 Å². The lowest BCUT2D eigenvalue weighted by Gasteiger charge is -2.09. The minimum absolute atomic E-state index is 0.202. The highest BCUT2D eigenvalue weighted by Gasteiger charge is 2.15. The van der Waals surface area contributed by atoms with E-state index in [1.165, 1.54) is 17.0 Å². The van der Waals surface area contributed by atoms with E-state index in [2.05, 4.69) is 10.3 Å². The van der Waals surface area contributed by atoms with E-state index in [1.54, 1.807) is 23.5 Å². The highest BCUT2D eigenvalue weighted by molar-refractivity contribution is 7.15. The quantitative estimate of drug-likeness (QED) is 0.820.